The number of aliphatic hydroxyl groups excluding tert-OH is 1. The summed E-state index contributed by atoms with van der Waals surface area (Å²) < 4.78 is 11.2. The average Bonchev–Trinajstić information content (AvgIpc) is 2.78. The second-order valence-corrected chi connectivity index (χ2v) is 7.79. The number of carbonyl (C=O) groups is 1. The van der Waals surface area contributed by atoms with Gasteiger partial charge in [-0.05, 0) is 17.5 Å². The van der Waals surface area contributed by atoms with E-state index in [4.69, 9.17) is 9.47 Å². The third kappa shape index (κ3) is 5.53. The Kier molecular flexibility index (Phi) is 6.88. The second kappa shape index (κ2) is 9.97. The molecule has 4 rings (SSSR count). The van der Waals surface area contributed by atoms with Gasteiger partial charge in [0.05, 0.1) is 19.3 Å². The van der Waals surface area contributed by atoms with Gasteiger partial charge in [-0.3, -0.25) is 9.69 Å². The van der Waals surface area contributed by atoms with Crippen molar-refractivity contribution in [3.8, 4) is 5.88 Å². The molecule has 1 aromatic heterocycles. The molecule has 0 bridgehead atoms. The predicted octanol–water partition coefficient (Wildman–Crippen LogP) is 1.18. The number of carbonyl (C=O) groups excluding carboxylic acids is 1. The van der Waals surface area contributed by atoms with E-state index in [-0.39, 0.29) is 24.2 Å². The lowest BCUT2D eigenvalue weighted by Crippen LogP contribution is -2.42. The largest absolute Gasteiger partial charge is 0.474 e. The lowest BCUT2D eigenvalue weighted by molar-refractivity contribution is 0.0236. The molecule has 0 spiro atoms. The highest BCUT2D eigenvalue weighted by Gasteiger charge is 2.20. The zero-order chi connectivity index (χ0) is 20.8. The number of rotatable bonds is 7. The summed E-state index contributed by atoms with van der Waals surface area (Å²) in [6.07, 6.45) is 3.30. The normalized spacial score (nSPS) is 18.4. The first kappa shape index (κ1) is 20.7. The summed E-state index contributed by atoms with van der Waals surface area (Å²) in [6.45, 7) is 3.74. The van der Waals surface area contributed by atoms with Gasteiger partial charge in [0.1, 0.15) is 18.1 Å². The number of ether oxygens (including phenoxy) is 2. The van der Waals surface area contributed by atoms with Gasteiger partial charge >= 0.3 is 0 Å². The summed E-state index contributed by atoms with van der Waals surface area (Å²) in [4.78, 5) is 22.8. The maximum atomic E-state index is 12.4. The molecule has 1 aromatic carbocycles. The molecule has 0 saturated carbocycles. The van der Waals surface area contributed by atoms with E-state index in [1.165, 1.54) is 17.5 Å². The number of benzene rings is 1. The molecule has 8 heteroatoms. The van der Waals surface area contributed by atoms with Crippen LogP contribution in [0, 0.1) is 0 Å². The maximum Gasteiger partial charge on any atom is 0.270 e. The standard InChI is InChI=1S/C22H28N4O4/c27-18(14-26-8-5-16-3-1-2-4-17(16)13-26)12-23-22(28)20-11-21(25-15-24-20)30-19-6-9-29-10-7-19/h1-4,11,15,18-19,27H,5-10,12-14H2,(H,23,28)/t18-/m0/s1. The van der Waals surface area contributed by atoms with Crippen LogP contribution >= 0.6 is 0 Å². The summed E-state index contributed by atoms with van der Waals surface area (Å²) in [6, 6.07) is 9.93. The molecule has 3 heterocycles. The van der Waals surface area contributed by atoms with Gasteiger partial charge in [-0.1, -0.05) is 24.3 Å². The lowest BCUT2D eigenvalue weighted by atomic mass is 10.00. The van der Waals surface area contributed by atoms with E-state index in [1.807, 2.05) is 6.07 Å². The Labute approximate surface area is 176 Å². The van der Waals surface area contributed by atoms with Crippen LogP contribution in [0.1, 0.15) is 34.5 Å². The minimum absolute atomic E-state index is 0.0426. The van der Waals surface area contributed by atoms with Gasteiger partial charge in [0.2, 0.25) is 5.88 Å². The van der Waals surface area contributed by atoms with E-state index in [2.05, 4.69) is 38.4 Å². The molecule has 1 atom stereocenters. The summed E-state index contributed by atoms with van der Waals surface area (Å²) in [5.41, 5.74) is 2.91. The van der Waals surface area contributed by atoms with Crippen molar-refractivity contribution in [1.29, 1.82) is 0 Å². The number of hydrogen-bond acceptors (Lipinski definition) is 7. The van der Waals surface area contributed by atoms with E-state index < -0.39 is 6.10 Å². The number of β-amino-alcohol motifs (C(OH)–C–C–N with tert-alkyl or cyclic N) is 1. The molecule has 30 heavy (non-hydrogen) atoms. The van der Waals surface area contributed by atoms with Crippen molar-refractivity contribution in [1.82, 2.24) is 20.2 Å². The average molecular weight is 412 g/mol. The number of nitrogens with zero attached hydrogens (tertiary/aromatic N) is 3. The van der Waals surface area contributed by atoms with Gasteiger partial charge in [0, 0.05) is 45.1 Å². The molecule has 0 aliphatic carbocycles. The number of hydrogen-bond donors (Lipinski definition) is 2. The van der Waals surface area contributed by atoms with Crippen LogP contribution in [0.3, 0.4) is 0 Å². The van der Waals surface area contributed by atoms with E-state index in [1.54, 1.807) is 6.07 Å². The SMILES string of the molecule is O=C(NC[C@H](O)CN1CCc2ccccc2C1)c1cc(OC2CCOCC2)ncn1. The number of nitrogens with one attached hydrogen (secondary N) is 1. The van der Waals surface area contributed by atoms with Crippen molar-refractivity contribution in [2.24, 2.45) is 0 Å². The summed E-state index contributed by atoms with van der Waals surface area (Å²) in [5.74, 6) is 0.0341. The summed E-state index contributed by atoms with van der Waals surface area (Å²) >= 11 is 0. The third-order valence-electron chi connectivity index (χ3n) is 5.51. The predicted molar refractivity (Wildman–Crippen MR) is 110 cm³/mol. The van der Waals surface area contributed by atoms with Crippen LogP contribution in [0.15, 0.2) is 36.7 Å². The van der Waals surface area contributed by atoms with E-state index in [0.717, 1.165) is 32.4 Å². The monoisotopic (exact) mass is 412 g/mol. The smallest absolute Gasteiger partial charge is 0.270 e. The molecule has 8 nitrogen and oxygen atoms in total. The first-order chi connectivity index (χ1) is 14.7. The van der Waals surface area contributed by atoms with E-state index in [9.17, 15) is 9.90 Å². The van der Waals surface area contributed by atoms with Crippen molar-refractivity contribution < 1.29 is 19.4 Å². The second-order valence-electron chi connectivity index (χ2n) is 7.79. The minimum Gasteiger partial charge on any atom is -0.474 e. The van der Waals surface area contributed by atoms with Crippen LogP contribution < -0.4 is 10.1 Å². The lowest BCUT2D eigenvalue weighted by Gasteiger charge is -2.30. The van der Waals surface area contributed by atoms with E-state index in [0.29, 0.717) is 25.6 Å². The Morgan fingerprint density at radius 3 is 2.90 bits per heavy atom. The molecule has 160 valence electrons. The van der Waals surface area contributed by atoms with Crippen molar-refractivity contribution >= 4 is 5.91 Å². The molecule has 1 saturated heterocycles. The zero-order valence-corrected chi connectivity index (χ0v) is 17.0. The molecule has 2 aliphatic rings. The van der Waals surface area contributed by atoms with Crippen molar-refractivity contribution in [3.05, 3.63) is 53.5 Å². The fourth-order valence-electron chi connectivity index (χ4n) is 3.87. The Morgan fingerprint density at radius 1 is 1.27 bits per heavy atom. The molecule has 0 unspecified atom stereocenters. The number of aromatic nitrogens is 2. The first-order valence-corrected chi connectivity index (χ1v) is 10.5. The summed E-state index contributed by atoms with van der Waals surface area (Å²) in [7, 11) is 0. The Morgan fingerprint density at radius 2 is 2.07 bits per heavy atom. The van der Waals surface area contributed by atoms with Crippen LogP contribution in [-0.2, 0) is 17.7 Å². The van der Waals surface area contributed by atoms with Crippen molar-refractivity contribution in [2.75, 3.05) is 32.8 Å². The van der Waals surface area contributed by atoms with Crippen molar-refractivity contribution in [2.45, 2.75) is 38.0 Å². The van der Waals surface area contributed by atoms with Gasteiger partial charge < -0.3 is 19.9 Å². The highest BCUT2D eigenvalue weighted by Crippen LogP contribution is 2.18. The molecule has 2 aliphatic heterocycles. The number of amides is 1. The highest BCUT2D eigenvalue weighted by molar-refractivity contribution is 5.92. The quantitative estimate of drug-likeness (QED) is 0.705. The van der Waals surface area contributed by atoms with Gasteiger partial charge in [-0.2, -0.15) is 0 Å². The van der Waals surface area contributed by atoms with Crippen LogP contribution in [0.2, 0.25) is 0 Å². The van der Waals surface area contributed by atoms with Crippen LogP contribution in [-0.4, -0.2) is 70.9 Å². The molecule has 1 fully saturated rings. The van der Waals surface area contributed by atoms with Gasteiger partial charge in [0.15, 0.2) is 0 Å². The van der Waals surface area contributed by atoms with Crippen LogP contribution in [0.4, 0.5) is 0 Å². The Hall–Kier alpha value is -2.55. The fraction of sp³-hybridized carbons (Fsp3) is 0.500. The number of fused-ring (bicyclic) bond motifs is 1. The van der Waals surface area contributed by atoms with E-state index >= 15 is 0 Å². The maximum absolute atomic E-state index is 12.4. The zero-order valence-electron chi connectivity index (χ0n) is 17.0. The van der Waals surface area contributed by atoms with Crippen LogP contribution in [0.5, 0.6) is 5.88 Å². The molecule has 2 N–H and O–H groups in total. The third-order valence-corrected chi connectivity index (χ3v) is 5.51. The molecular weight excluding hydrogens is 384 g/mol. The number of aliphatic hydroxyl groups is 1. The minimum atomic E-state index is -0.654. The Balaban J connectivity index is 1.24. The van der Waals surface area contributed by atoms with Crippen LogP contribution in [0.25, 0.3) is 0 Å². The van der Waals surface area contributed by atoms with Gasteiger partial charge in [0.25, 0.3) is 5.91 Å². The molecule has 2 aromatic rings. The molecular formula is C22H28N4O4. The van der Waals surface area contributed by atoms with Gasteiger partial charge in [-0.15, -0.1) is 0 Å². The summed E-state index contributed by atoms with van der Waals surface area (Å²) in [5, 5.41) is 13.1. The Bertz CT molecular complexity index is 857. The topological polar surface area (TPSA) is 96.8 Å². The molecule has 0 radical (unpaired) electrons. The van der Waals surface area contributed by atoms with Crippen molar-refractivity contribution in [3.63, 3.8) is 0 Å². The first-order valence-electron chi connectivity index (χ1n) is 10.5. The fourth-order valence-corrected chi connectivity index (χ4v) is 3.87. The highest BCUT2D eigenvalue weighted by atomic mass is 16.5. The molecule has 1 amide bonds. The van der Waals surface area contributed by atoms with Gasteiger partial charge in [-0.25, -0.2) is 9.97 Å².